The van der Waals surface area contributed by atoms with Crippen LogP contribution in [0.3, 0.4) is 0 Å². The van der Waals surface area contributed by atoms with Gasteiger partial charge in [0.05, 0.1) is 19.0 Å². The highest BCUT2D eigenvalue weighted by Gasteiger charge is 2.55. The van der Waals surface area contributed by atoms with Gasteiger partial charge in [-0.05, 0) is 39.8 Å². The minimum Gasteiger partial charge on any atom is -0.467 e. The first-order valence-electron chi connectivity index (χ1n) is 7.48. The molecule has 0 aromatic carbocycles. The van der Waals surface area contributed by atoms with E-state index in [0.29, 0.717) is 5.76 Å². The summed E-state index contributed by atoms with van der Waals surface area (Å²) in [6.07, 6.45) is -0.161. The quantitative estimate of drug-likeness (QED) is 0.774. The SMILES string of the molecule is COC(C)COC1C(=O)N(C(=O)OC(C)(C)C)C1c1ccco1. The molecule has 1 aromatic rings. The normalized spacial score (nSPS) is 22.7. The number of carbonyl (C=O) groups is 2. The molecule has 3 unspecified atom stereocenters. The Balaban J connectivity index is 2.13. The van der Waals surface area contributed by atoms with Crippen molar-refractivity contribution in [3.05, 3.63) is 24.2 Å². The summed E-state index contributed by atoms with van der Waals surface area (Å²) < 4.78 is 21.3. The van der Waals surface area contributed by atoms with E-state index >= 15 is 0 Å². The summed E-state index contributed by atoms with van der Waals surface area (Å²) in [6.45, 7) is 7.30. The monoisotopic (exact) mass is 325 g/mol. The number of ether oxygens (including phenoxy) is 3. The molecule has 1 fully saturated rings. The molecule has 1 aliphatic rings. The van der Waals surface area contributed by atoms with Crippen molar-refractivity contribution >= 4 is 12.0 Å². The average Bonchev–Trinajstić information content (AvgIpc) is 2.95. The zero-order chi connectivity index (χ0) is 17.2. The third kappa shape index (κ3) is 3.92. The lowest BCUT2D eigenvalue weighted by atomic mass is 9.96. The van der Waals surface area contributed by atoms with Crippen LogP contribution in [0.2, 0.25) is 0 Å². The fourth-order valence-corrected chi connectivity index (χ4v) is 2.18. The first-order valence-corrected chi connectivity index (χ1v) is 7.48. The summed E-state index contributed by atoms with van der Waals surface area (Å²) >= 11 is 0. The van der Waals surface area contributed by atoms with Crippen molar-refractivity contribution in [2.45, 2.75) is 51.5 Å². The zero-order valence-electron chi connectivity index (χ0n) is 14.1. The van der Waals surface area contributed by atoms with Gasteiger partial charge in [-0.15, -0.1) is 0 Å². The maximum atomic E-state index is 12.3. The van der Waals surface area contributed by atoms with Crippen LogP contribution in [0.15, 0.2) is 22.8 Å². The molecule has 2 amide bonds. The molecular formula is C16H23NO6. The van der Waals surface area contributed by atoms with Gasteiger partial charge in [0.15, 0.2) is 6.10 Å². The van der Waals surface area contributed by atoms with Crippen LogP contribution in [-0.2, 0) is 19.0 Å². The molecule has 128 valence electrons. The first-order chi connectivity index (χ1) is 10.7. The van der Waals surface area contributed by atoms with E-state index in [1.54, 1.807) is 40.0 Å². The highest BCUT2D eigenvalue weighted by atomic mass is 16.6. The molecule has 2 rings (SSSR count). The topological polar surface area (TPSA) is 78.2 Å². The van der Waals surface area contributed by atoms with Gasteiger partial charge in [0.25, 0.3) is 5.91 Å². The van der Waals surface area contributed by atoms with Crippen LogP contribution >= 0.6 is 0 Å². The largest absolute Gasteiger partial charge is 0.467 e. The molecule has 0 aliphatic carbocycles. The zero-order valence-corrected chi connectivity index (χ0v) is 14.1. The maximum absolute atomic E-state index is 12.3. The molecular weight excluding hydrogens is 302 g/mol. The molecule has 0 spiro atoms. The van der Waals surface area contributed by atoms with Crippen molar-refractivity contribution in [3.63, 3.8) is 0 Å². The molecule has 7 heteroatoms. The van der Waals surface area contributed by atoms with Crippen LogP contribution in [0, 0.1) is 0 Å². The van der Waals surface area contributed by atoms with Crippen molar-refractivity contribution in [1.29, 1.82) is 0 Å². The van der Waals surface area contributed by atoms with Gasteiger partial charge in [-0.2, -0.15) is 0 Å². The standard InChI is InChI=1S/C16H23NO6/c1-10(20-5)9-22-13-12(11-7-6-8-21-11)17(14(13)18)15(19)23-16(2,3)4/h6-8,10,12-13H,9H2,1-5H3. The second-order valence-corrected chi connectivity index (χ2v) is 6.45. The second kappa shape index (κ2) is 6.72. The van der Waals surface area contributed by atoms with Crippen molar-refractivity contribution in [2.24, 2.45) is 0 Å². The van der Waals surface area contributed by atoms with Gasteiger partial charge in [-0.1, -0.05) is 0 Å². The van der Waals surface area contributed by atoms with Crippen LogP contribution in [-0.4, -0.2) is 48.4 Å². The van der Waals surface area contributed by atoms with E-state index in [-0.39, 0.29) is 12.7 Å². The van der Waals surface area contributed by atoms with Gasteiger partial charge in [-0.3, -0.25) is 4.79 Å². The molecule has 0 radical (unpaired) electrons. The third-order valence-corrected chi connectivity index (χ3v) is 3.38. The molecule has 1 saturated heterocycles. The number of amides is 2. The smallest absolute Gasteiger partial charge is 0.417 e. The van der Waals surface area contributed by atoms with Crippen molar-refractivity contribution in [3.8, 4) is 0 Å². The van der Waals surface area contributed by atoms with E-state index in [2.05, 4.69) is 0 Å². The van der Waals surface area contributed by atoms with Crippen LogP contribution in [0.4, 0.5) is 4.79 Å². The van der Waals surface area contributed by atoms with E-state index in [0.717, 1.165) is 4.90 Å². The van der Waals surface area contributed by atoms with E-state index < -0.39 is 29.7 Å². The lowest BCUT2D eigenvalue weighted by Crippen LogP contribution is -2.62. The van der Waals surface area contributed by atoms with Crippen LogP contribution in [0.1, 0.15) is 39.5 Å². The Morgan fingerprint density at radius 3 is 2.65 bits per heavy atom. The highest BCUT2D eigenvalue weighted by Crippen LogP contribution is 2.38. The Hall–Kier alpha value is -1.86. The number of furan rings is 1. The Morgan fingerprint density at radius 2 is 2.13 bits per heavy atom. The summed E-state index contributed by atoms with van der Waals surface area (Å²) in [5, 5.41) is 0. The van der Waals surface area contributed by atoms with E-state index in [1.165, 1.54) is 6.26 Å². The number of rotatable bonds is 5. The number of hydrogen-bond donors (Lipinski definition) is 0. The van der Waals surface area contributed by atoms with Gasteiger partial charge in [-0.25, -0.2) is 9.69 Å². The third-order valence-electron chi connectivity index (χ3n) is 3.38. The van der Waals surface area contributed by atoms with E-state index in [9.17, 15) is 9.59 Å². The Morgan fingerprint density at radius 1 is 1.43 bits per heavy atom. The second-order valence-electron chi connectivity index (χ2n) is 6.45. The Kier molecular flexibility index (Phi) is 5.11. The summed E-state index contributed by atoms with van der Waals surface area (Å²) in [5.41, 5.74) is -0.693. The molecule has 0 bridgehead atoms. The maximum Gasteiger partial charge on any atom is 0.417 e. The summed E-state index contributed by atoms with van der Waals surface area (Å²) in [4.78, 5) is 25.6. The molecule has 0 N–H and O–H groups in total. The van der Waals surface area contributed by atoms with Crippen molar-refractivity contribution in [1.82, 2.24) is 4.90 Å². The molecule has 1 aromatic heterocycles. The number of carbonyl (C=O) groups excluding carboxylic acids is 2. The number of methoxy groups -OCH3 is 1. The van der Waals surface area contributed by atoms with Gasteiger partial charge >= 0.3 is 6.09 Å². The predicted octanol–water partition coefficient (Wildman–Crippen LogP) is 2.52. The summed E-state index contributed by atoms with van der Waals surface area (Å²) in [5.74, 6) is 0.0366. The Bertz CT molecular complexity index is 547. The average molecular weight is 325 g/mol. The highest BCUT2D eigenvalue weighted by molar-refractivity contribution is 6.01. The number of hydrogen-bond acceptors (Lipinski definition) is 6. The van der Waals surface area contributed by atoms with Crippen molar-refractivity contribution in [2.75, 3.05) is 13.7 Å². The van der Waals surface area contributed by atoms with Crippen molar-refractivity contribution < 1.29 is 28.2 Å². The van der Waals surface area contributed by atoms with Crippen LogP contribution in [0.25, 0.3) is 0 Å². The van der Waals surface area contributed by atoms with Gasteiger partial charge in [0.1, 0.15) is 17.4 Å². The minimum absolute atomic E-state index is 0.157. The predicted molar refractivity (Wildman–Crippen MR) is 80.7 cm³/mol. The molecule has 1 aliphatic heterocycles. The van der Waals surface area contributed by atoms with Gasteiger partial charge in [0.2, 0.25) is 0 Å². The first kappa shape index (κ1) is 17.5. The molecule has 0 saturated carbocycles. The fraction of sp³-hybridized carbons (Fsp3) is 0.625. The number of nitrogens with zero attached hydrogens (tertiary/aromatic N) is 1. The number of likely N-dealkylation sites (tertiary alicyclic amines) is 1. The summed E-state index contributed by atoms with van der Waals surface area (Å²) in [6, 6.07) is 2.77. The molecule has 3 atom stereocenters. The lowest BCUT2D eigenvalue weighted by Gasteiger charge is -2.44. The molecule has 2 heterocycles. The van der Waals surface area contributed by atoms with Gasteiger partial charge in [0, 0.05) is 7.11 Å². The fourth-order valence-electron chi connectivity index (χ4n) is 2.18. The minimum atomic E-state index is -0.786. The molecule has 7 nitrogen and oxygen atoms in total. The van der Waals surface area contributed by atoms with Crippen LogP contribution in [0.5, 0.6) is 0 Å². The van der Waals surface area contributed by atoms with E-state index in [1.807, 2.05) is 6.92 Å². The van der Waals surface area contributed by atoms with E-state index in [4.69, 9.17) is 18.6 Å². The van der Waals surface area contributed by atoms with Crippen LogP contribution < -0.4 is 0 Å². The summed E-state index contributed by atoms with van der Waals surface area (Å²) in [7, 11) is 1.56. The lowest BCUT2D eigenvalue weighted by molar-refractivity contribution is -0.176. The number of imide groups is 1. The Labute approximate surface area is 135 Å². The number of β-lactam (4-membered cyclic amide) rings is 1. The van der Waals surface area contributed by atoms with Gasteiger partial charge < -0.3 is 18.6 Å². The molecule has 23 heavy (non-hydrogen) atoms.